The molecular weight excluding hydrogens is 334 g/mol. The van der Waals surface area contributed by atoms with E-state index in [-0.39, 0.29) is 5.91 Å². The molecule has 2 N–H and O–H groups in total. The molecule has 1 aliphatic rings. The van der Waals surface area contributed by atoms with Gasteiger partial charge in [0.05, 0.1) is 0 Å². The normalized spacial score (nSPS) is 18.4. The highest BCUT2D eigenvalue weighted by Gasteiger charge is 2.30. The van der Waals surface area contributed by atoms with E-state index in [1.165, 1.54) is 0 Å². The van der Waals surface area contributed by atoms with Crippen LogP contribution in [0.25, 0.3) is 0 Å². The van der Waals surface area contributed by atoms with E-state index in [2.05, 4.69) is 10.6 Å². The molecule has 7 heteroatoms. The lowest BCUT2D eigenvalue weighted by molar-refractivity contribution is -0.135. The van der Waals surface area contributed by atoms with Crippen molar-refractivity contribution in [3.05, 3.63) is 35.4 Å². The average molecular weight is 361 g/mol. The van der Waals surface area contributed by atoms with Crippen LogP contribution in [0.2, 0.25) is 0 Å². The Morgan fingerprint density at radius 3 is 2.46 bits per heavy atom. The van der Waals surface area contributed by atoms with Gasteiger partial charge >= 0.3 is 6.09 Å². The van der Waals surface area contributed by atoms with Gasteiger partial charge in [0.1, 0.15) is 17.7 Å². The van der Waals surface area contributed by atoms with Crippen LogP contribution < -0.4 is 10.6 Å². The first-order valence-corrected chi connectivity index (χ1v) is 8.68. The Kier molecular flexibility index (Phi) is 5.90. The van der Waals surface area contributed by atoms with Gasteiger partial charge in [-0.2, -0.15) is 0 Å². The van der Waals surface area contributed by atoms with Crippen molar-refractivity contribution in [1.29, 1.82) is 0 Å². The molecule has 3 amide bonds. The lowest BCUT2D eigenvalue weighted by Gasteiger charge is -2.24. The summed E-state index contributed by atoms with van der Waals surface area (Å²) in [6, 6.07) is 6.31. The van der Waals surface area contributed by atoms with Crippen molar-refractivity contribution in [3.8, 4) is 0 Å². The van der Waals surface area contributed by atoms with Gasteiger partial charge in [-0.05, 0) is 38.8 Å². The lowest BCUT2D eigenvalue weighted by atomic mass is 10.0. The van der Waals surface area contributed by atoms with Crippen LogP contribution in [0.4, 0.5) is 4.79 Å². The van der Waals surface area contributed by atoms with Crippen LogP contribution in [0.15, 0.2) is 24.3 Å². The molecule has 7 nitrogen and oxygen atoms in total. The summed E-state index contributed by atoms with van der Waals surface area (Å²) < 4.78 is 5.15. The van der Waals surface area contributed by atoms with Crippen LogP contribution in [-0.2, 0) is 27.3 Å². The molecule has 142 valence electrons. The molecular formula is C19H27N3O4. The van der Waals surface area contributed by atoms with Crippen LogP contribution in [0.3, 0.4) is 0 Å². The maximum absolute atomic E-state index is 12.6. The van der Waals surface area contributed by atoms with E-state index in [4.69, 9.17) is 4.74 Å². The van der Waals surface area contributed by atoms with Gasteiger partial charge < -0.3 is 20.3 Å². The molecule has 26 heavy (non-hydrogen) atoms. The summed E-state index contributed by atoms with van der Waals surface area (Å²) in [4.78, 5) is 38.4. The third-order valence-corrected chi connectivity index (χ3v) is 4.07. The van der Waals surface area contributed by atoms with Crippen LogP contribution in [-0.4, -0.2) is 47.5 Å². The van der Waals surface area contributed by atoms with Gasteiger partial charge in [0, 0.05) is 20.0 Å². The van der Waals surface area contributed by atoms with E-state index in [0.717, 1.165) is 11.1 Å². The molecule has 0 fully saturated rings. The summed E-state index contributed by atoms with van der Waals surface area (Å²) in [5.41, 5.74) is 1.45. The molecule has 0 radical (unpaired) electrons. The first-order valence-electron chi connectivity index (χ1n) is 8.68. The fourth-order valence-corrected chi connectivity index (χ4v) is 2.78. The molecule has 2 unspecified atom stereocenters. The molecule has 0 saturated heterocycles. The van der Waals surface area contributed by atoms with E-state index in [1.807, 2.05) is 24.3 Å². The molecule has 0 saturated carbocycles. The molecule has 2 atom stereocenters. The number of likely N-dealkylation sites (N-methyl/N-ethyl adjacent to an activating group) is 1. The van der Waals surface area contributed by atoms with Crippen molar-refractivity contribution < 1.29 is 19.1 Å². The fourth-order valence-electron chi connectivity index (χ4n) is 2.78. The summed E-state index contributed by atoms with van der Waals surface area (Å²) in [6.45, 7) is 7.30. The highest BCUT2D eigenvalue weighted by molar-refractivity contribution is 5.91. The largest absolute Gasteiger partial charge is 0.444 e. The molecule has 2 rings (SSSR count). The zero-order valence-corrected chi connectivity index (χ0v) is 16.0. The number of nitrogens with one attached hydrogen (secondary N) is 2. The van der Waals surface area contributed by atoms with Gasteiger partial charge in [-0.25, -0.2) is 4.79 Å². The number of nitrogens with zero attached hydrogens (tertiary/aromatic N) is 1. The summed E-state index contributed by atoms with van der Waals surface area (Å²) >= 11 is 0. The molecule has 0 spiro atoms. The zero-order chi connectivity index (χ0) is 19.5. The van der Waals surface area contributed by atoms with Crippen LogP contribution in [0.5, 0.6) is 0 Å². The first-order chi connectivity index (χ1) is 12.1. The number of benzene rings is 1. The summed E-state index contributed by atoms with van der Waals surface area (Å²) in [5.74, 6) is -0.582. The van der Waals surface area contributed by atoms with Crippen molar-refractivity contribution >= 4 is 17.9 Å². The third-order valence-electron chi connectivity index (χ3n) is 4.07. The highest BCUT2D eigenvalue weighted by Crippen LogP contribution is 2.18. The second-order valence-electron chi connectivity index (χ2n) is 7.60. The Balaban J connectivity index is 2.03. The van der Waals surface area contributed by atoms with Gasteiger partial charge in [0.15, 0.2) is 0 Å². The van der Waals surface area contributed by atoms with E-state index < -0.39 is 29.7 Å². The minimum atomic E-state index is -0.818. The van der Waals surface area contributed by atoms with E-state index in [0.29, 0.717) is 13.0 Å². The molecule has 0 aromatic heterocycles. The number of ether oxygens (including phenoxy) is 1. The lowest BCUT2D eigenvalue weighted by Crippen LogP contribution is -2.53. The van der Waals surface area contributed by atoms with Gasteiger partial charge in [-0.3, -0.25) is 9.59 Å². The molecule has 1 aromatic rings. The summed E-state index contributed by atoms with van der Waals surface area (Å²) in [5, 5.41) is 5.24. The number of hydrogen-bond donors (Lipinski definition) is 2. The smallest absolute Gasteiger partial charge is 0.408 e. The van der Waals surface area contributed by atoms with Gasteiger partial charge in [-0.15, -0.1) is 0 Å². The first kappa shape index (κ1) is 19.8. The number of carbonyl (C=O) groups excluding carboxylic acids is 3. The standard InChI is InChI=1S/C19H27N3O4/c1-12(20-18(25)26-19(2,3)4)16(23)21-15-10-13-8-6-7-9-14(13)11-22(5)17(15)24/h6-9,12,15H,10-11H2,1-5H3,(H,20,25)(H,21,23). The minimum absolute atomic E-state index is 0.154. The maximum Gasteiger partial charge on any atom is 0.408 e. The molecule has 1 heterocycles. The van der Waals surface area contributed by atoms with Gasteiger partial charge in [0.2, 0.25) is 11.8 Å². The van der Waals surface area contributed by atoms with Crippen LogP contribution in [0, 0.1) is 0 Å². The molecule has 0 bridgehead atoms. The topological polar surface area (TPSA) is 87.7 Å². The van der Waals surface area contributed by atoms with E-state index in [9.17, 15) is 14.4 Å². The Bertz CT molecular complexity index is 696. The van der Waals surface area contributed by atoms with Crippen molar-refractivity contribution in [2.45, 2.75) is 58.3 Å². The minimum Gasteiger partial charge on any atom is -0.444 e. The number of rotatable bonds is 3. The number of fused-ring (bicyclic) bond motifs is 1. The average Bonchev–Trinajstić information content (AvgIpc) is 2.63. The number of amides is 3. The molecule has 1 aliphatic heterocycles. The second kappa shape index (κ2) is 7.76. The van der Waals surface area contributed by atoms with Crippen molar-refractivity contribution in [1.82, 2.24) is 15.5 Å². The number of hydrogen-bond acceptors (Lipinski definition) is 4. The van der Waals surface area contributed by atoms with Crippen LogP contribution in [0.1, 0.15) is 38.8 Å². The molecule has 0 aliphatic carbocycles. The number of carbonyl (C=O) groups is 3. The number of alkyl carbamates (subject to hydrolysis) is 1. The van der Waals surface area contributed by atoms with E-state index in [1.54, 1.807) is 39.6 Å². The van der Waals surface area contributed by atoms with Crippen molar-refractivity contribution in [3.63, 3.8) is 0 Å². The van der Waals surface area contributed by atoms with Crippen molar-refractivity contribution in [2.24, 2.45) is 0 Å². The van der Waals surface area contributed by atoms with Gasteiger partial charge in [-0.1, -0.05) is 24.3 Å². The summed E-state index contributed by atoms with van der Waals surface area (Å²) in [7, 11) is 1.71. The summed E-state index contributed by atoms with van der Waals surface area (Å²) in [6.07, 6.45) is -0.251. The Morgan fingerprint density at radius 1 is 1.23 bits per heavy atom. The van der Waals surface area contributed by atoms with Crippen LogP contribution >= 0.6 is 0 Å². The predicted octanol–water partition coefficient (Wildman–Crippen LogP) is 1.60. The highest BCUT2D eigenvalue weighted by atomic mass is 16.6. The molecule has 1 aromatic carbocycles. The van der Waals surface area contributed by atoms with E-state index >= 15 is 0 Å². The quantitative estimate of drug-likeness (QED) is 0.856. The fraction of sp³-hybridized carbons (Fsp3) is 0.526. The Morgan fingerprint density at radius 2 is 1.85 bits per heavy atom. The van der Waals surface area contributed by atoms with Crippen molar-refractivity contribution in [2.75, 3.05) is 7.05 Å². The third kappa shape index (κ3) is 5.21. The van der Waals surface area contributed by atoms with Gasteiger partial charge in [0.25, 0.3) is 0 Å². The SMILES string of the molecule is CC(NC(=O)OC(C)(C)C)C(=O)NC1Cc2ccccc2CN(C)C1=O. The monoisotopic (exact) mass is 361 g/mol. The predicted molar refractivity (Wildman–Crippen MR) is 97.4 cm³/mol. The Hall–Kier alpha value is -2.57. The Labute approximate surface area is 154 Å². The second-order valence-corrected chi connectivity index (χ2v) is 7.60. The maximum atomic E-state index is 12.6. The zero-order valence-electron chi connectivity index (χ0n) is 16.0.